The number of carbonyl (C=O) groups is 1. The topological polar surface area (TPSA) is 79.5 Å². The average Bonchev–Trinajstić information content (AvgIpc) is 3.51. The number of hydrogen-bond donors (Lipinski definition) is 2. The van der Waals surface area contributed by atoms with E-state index in [0.29, 0.717) is 0 Å². The van der Waals surface area contributed by atoms with Gasteiger partial charge in [-0.05, 0) is 85.7 Å². The number of anilines is 1. The summed E-state index contributed by atoms with van der Waals surface area (Å²) >= 11 is 0. The van der Waals surface area contributed by atoms with E-state index in [1.165, 1.54) is 5.56 Å². The monoisotopic (exact) mass is 564 g/mol. The Labute approximate surface area is 247 Å². The van der Waals surface area contributed by atoms with Crippen molar-refractivity contribution < 1.29 is 14.3 Å². The number of fused-ring (bicyclic) bond motifs is 1. The Morgan fingerprint density at radius 2 is 1.86 bits per heavy atom. The maximum atomic E-state index is 13.2. The third-order valence-electron chi connectivity index (χ3n) is 8.77. The first-order valence-corrected chi connectivity index (χ1v) is 14.8. The molecule has 7 nitrogen and oxygen atoms in total. The number of hydrogen-bond acceptors (Lipinski definition) is 5. The van der Waals surface area contributed by atoms with E-state index >= 15 is 0 Å². The normalized spacial score (nSPS) is 24.3. The molecule has 7 heteroatoms. The summed E-state index contributed by atoms with van der Waals surface area (Å²) in [6, 6.07) is 20.8. The number of aromatic amines is 1. The molecule has 1 saturated heterocycles. The minimum Gasteiger partial charge on any atom is -0.497 e. The van der Waals surface area contributed by atoms with E-state index in [0.717, 1.165) is 70.8 Å². The zero-order chi connectivity index (χ0) is 29.4. The highest BCUT2D eigenvalue weighted by Crippen LogP contribution is 2.59. The number of amides is 1. The van der Waals surface area contributed by atoms with Gasteiger partial charge < -0.3 is 14.8 Å². The van der Waals surface area contributed by atoms with Gasteiger partial charge in [0, 0.05) is 30.7 Å². The lowest BCUT2D eigenvalue weighted by Gasteiger charge is -2.35. The minimum absolute atomic E-state index is 0.0502. The first kappa shape index (κ1) is 28.2. The summed E-state index contributed by atoms with van der Waals surface area (Å²) in [4.78, 5) is 15.7. The van der Waals surface area contributed by atoms with Gasteiger partial charge in [-0.15, -0.1) is 0 Å². The molecular formula is C35H40N4O3. The third-order valence-corrected chi connectivity index (χ3v) is 8.77. The van der Waals surface area contributed by atoms with Crippen molar-refractivity contribution in [2.45, 2.75) is 58.8 Å². The van der Waals surface area contributed by atoms with Crippen LogP contribution in [-0.4, -0.2) is 53.4 Å². The first-order chi connectivity index (χ1) is 20.2. The molecule has 1 aliphatic carbocycles. The molecule has 4 atom stereocenters. The lowest BCUT2D eigenvalue weighted by Crippen LogP contribution is -2.44. The van der Waals surface area contributed by atoms with Gasteiger partial charge in [-0.1, -0.05) is 49.4 Å². The summed E-state index contributed by atoms with van der Waals surface area (Å²) in [5, 5.41) is 12.0. The third kappa shape index (κ3) is 5.85. The van der Waals surface area contributed by atoms with Crippen LogP contribution in [0.3, 0.4) is 0 Å². The fourth-order valence-corrected chi connectivity index (χ4v) is 6.25. The molecule has 1 aliphatic heterocycles. The van der Waals surface area contributed by atoms with Crippen LogP contribution >= 0.6 is 0 Å². The molecule has 2 fully saturated rings. The molecule has 1 saturated carbocycles. The largest absolute Gasteiger partial charge is 0.497 e. The van der Waals surface area contributed by atoms with Crippen LogP contribution in [0.2, 0.25) is 0 Å². The van der Waals surface area contributed by atoms with Crippen molar-refractivity contribution in [3.63, 3.8) is 0 Å². The van der Waals surface area contributed by atoms with Crippen LogP contribution in [0.4, 0.5) is 5.69 Å². The number of ether oxygens (including phenoxy) is 2. The number of H-pyrrole nitrogens is 1. The molecule has 0 bridgehead atoms. The molecule has 1 aromatic heterocycles. The molecule has 3 aromatic carbocycles. The van der Waals surface area contributed by atoms with E-state index in [1.54, 1.807) is 7.11 Å². The second-order valence-electron chi connectivity index (χ2n) is 12.2. The zero-order valence-electron chi connectivity index (χ0n) is 25.1. The van der Waals surface area contributed by atoms with Crippen LogP contribution in [-0.2, 0) is 16.1 Å². The Kier molecular flexibility index (Phi) is 7.64. The first-order valence-electron chi connectivity index (χ1n) is 14.8. The minimum atomic E-state index is -0.437. The van der Waals surface area contributed by atoms with E-state index < -0.39 is 5.41 Å². The van der Waals surface area contributed by atoms with Crippen molar-refractivity contribution in [3.8, 4) is 5.75 Å². The second-order valence-corrected chi connectivity index (χ2v) is 12.2. The van der Waals surface area contributed by atoms with Gasteiger partial charge in [0.1, 0.15) is 5.75 Å². The predicted molar refractivity (Wildman–Crippen MR) is 169 cm³/mol. The summed E-state index contributed by atoms with van der Waals surface area (Å²) in [5.41, 5.74) is 6.87. The maximum absolute atomic E-state index is 13.2. The van der Waals surface area contributed by atoms with Gasteiger partial charge in [-0.3, -0.25) is 14.8 Å². The molecule has 42 heavy (non-hydrogen) atoms. The van der Waals surface area contributed by atoms with Crippen molar-refractivity contribution in [2.75, 3.05) is 25.5 Å². The lowest BCUT2D eigenvalue weighted by molar-refractivity contribution is -0.120. The average molecular weight is 565 g/mol. The molecule has 2 aliphatic rings. The highest BCUT2D eigenvalue weighted by atomic mass is 16.5. The molecule has 2 heterocycles. The van der Waals surface area contributed by atoms with Crippen molar-refractivity contribution >= 4 is 34.6 Å². The second kappa shape index (κ2) is 11.4. The van der Waals surface area contributed by atoms with Gasteiger partial charge in [0.15, 0.2) is 0 Å². The van der Waals surface area contributed by atoms with Crippen LogP contribution in [0.25, 0.3) is 23.1 Å². The lowest BCUT2D eigenvalue weighted by atomic mass is 9.98. The Morgan fingerprint density at radius 3 is 2.57 bits per heavy atom. The Bertz CT molecular complexity index is 1620. The van der Waals surface area contributed by atoms with Gasteiger partial charge in [-0.2, -0.15) is 5.10 Å². The molecular weight excluding hydrogens is 524 g/mol. The number of aryl methyl sites for hydroxylation is 1. The van der Waals surface area contributed by atoms with Crippen LogP contribution in [0, 0.1) is 12.3 Å². The van der Waals surface area contributed by atoms with E-state index in [9.17, 15) is 4.79 Å². The summed E-state index contributed by atoms with van der Waals surface area (Å²) in [6.45, 7) is 11.2. The highest BCUT2D eigenvalue weighted by molar-refractivity contribution is 5.99. The van der Waals surface area contributed by atoms with Gasteiger partial charge in [0.2, 0.25) is 5.91 Å². The number of rotatable bonds is 8. The molecule has 6 rings (SSSR count). The Morgan fingerprint density at radius 1 is 1.10 bits per heavy atom. The molecule has 4 aromatic rings. The van der Waals surface area contributed by atoms with E-state index in [1.807, 2.05) is 32.0 Å². The standard InChI is InChI=1S/C35H40N4O3/c1-22-16-28(41-5)12-15-31(22)36-34(40)35(4)18-30(35)27-11-13-29-32(37-38-33(29)17-27)14-10-25-6-8-26(9-7-25)21-39-19-23(2)42-24(3)20-39/h6-17,23-24,30H,18-21H2,1-5H3,(H,36,40)(H,37,38)/b14-10+/t23-,24+,30-,35+/m0/s1. The predicted octanol–water partition coefficient (Wildman–Crippen LogP) is 6.79. The van der Waals surface area contributed by atoms with Crippen LogP contribution in [0.5, 0.6) is 5.75 Å². The smallest absolute Gasteiger partial charge is 0.230 e. The number of nitrogens with zero attached hydrogens (tertiary/aromatic N) is 2. The van der Waals surface area contributed by atoms with E-state index in [2.05, 4.69) is 88.9 Å². The zero-order valence-corrected chi connectivity index (χ0v) is 25.1. The van der Waals surface area contributed by atoms with Gasteiger partial charge in [-0.25, -0.2) is 0 Å². The number of carbonyl (C=O) groups excluding carboxylic acids is 1. The van der Waals surface area contributed by atoms with Crippen molar-refractivity contribution in [1.82, 2.24) is 15.1 Å². The number of morpholine rings is 1. The Hall–Kier alpha value is -3.94. The SMILES string of the molecule is COc1ccc(NC(=O)[C@]2(C)C[C@H]2c2ccc3c(/C=C/c4ccc(CN5C[C@@H](C)O[C@@H](C)C5)cc4)n[nH]c3c2)c(C)c1. The summed E-state index contributed by atoms with van der Waals surface area (Å²) in [6.07, 6.45) is 5.54. The number of benzene rings is 3. The number of nitrogens with one attached hydrogen (secondary N) is 2. The van der Waals surface area contributed by atoms with Gasteiger partial charge in [0.05, 0.1) is 35.9 Å². The Balaban J connectivity index is 1.09. The van der Waals surface area contributed by atoms with Gasteiger partial charge in [0.25, 0.3) is 0 Å². The highest BCUT2D eigenvalue weighted by Gasteiger charge is 2.56. The molecule has 1 amide bonds. The van der Waals surface area contributed by atoms with E-state index in [-0.39, 0.29) is 24.0 Å². The maximum Gasteiger partial charge on any atom is 0.230 e. The van der Waals surface area contributed by atoms with E-state index in [4.69, 9.17) is 9.47 Å². The molecule has 0 unspecified atom stereocenters. The summed E-state index contributed by atoms with van der Waals surface area (Å²) in [7, 11) is 1.64. The van der Waals surface area contributed by atoms with Crippen LogP contribution in [0.15, 0.2) is 60.7 Å². The fourth-order valence-electron chi connectivity index (χ4n) is 6.25. The number of aromatic nitrogens is 2. The molecule has 0 radical (unpaired) electrons. The quantitative estimate of drug-likeness (QED) is 0.246. The summed E-state index contributed by atoms with van der Waals surface area (Å²) in [5.74, 6) is 1.00. The van der Waals surface area contributed by atoms with Crippen LogP contribution < -0.4 is 10.1 Å². The molecule has 218 valence electrons. The van der Waals surface area contributed by atoms with Gasteiger partial charge >= 0.3 is 0 Å². The fraction of sp³-hybridized carbons (Fsp3) is 0.371. The van der Waals surface area contributed by atoms with Crippen LogP contribution in [0.1, 0.15) is 61.1 Å². The van der Waals surface area contributed by atoms with Crippen molar-refractivity contribution in [1.29, 1.82) is 0 Å². The summed E-state index contributed by atoms with van der Waals surface area (Å²) < 4.78 is 11.1. The molecule has 0 spiro atoms. The van der Waals surface area contributed by atoms with Crippen molar-refractivity contribution in [3.05, 3.63) is 88.6 Å². The molecule has 2 N–H and O–H groups in total. The van der Waals surface area contributed by atoms with Crippen molar-refractivity contribution in [2.24, 2.45) is 5.41 Å². The number of methoxy groups -OCH3 is 1.